The standard InChI is InChI=1S/C24H29N5O2/c1-24(15-31-16-24)14-29-5-3-17(4-6-29)23(30)9-21-8-18-7-19(10-26-22(18)12-25-21)20-11-27-28(2)13-20/h7-8,10-13,17H,3-6,9,14-16H2,1-2H3. The number of ketones is 1. The number of Topliss-reactive ketones (excluding diaryl/α,β-unsaturated/α-hetero) is 1. The number of carbonyl (C=O) groups excluding carboxylic acids is 1. The van der Waals surface area contributed by atoms with E-state index < -0.39 is 0 Å². The molecule has 31 heavy (non-hydrogen) atoms. The molecule has 162 valence electrons. The average molecular weight is 420 g/mol. The van der Waals surface area contributed by atoms with Gasteiger partial charge in [-0.05, 0) is 38.1 Å². The Bertz CT molecular complexity index is 1100. The quantitative estimate of drug-likeness (QED) is 0.612. The highest BCUT2D eigenvalue weighted by molar-refractivity contribution is 5.86. The van der Waals surface area contributed by atoms with Crippen LogP contribution in [0.15, 0.2) is 36.9 Å². The Hall–Kier alpha value is -2.64. The number of carbonyl (C=O) groups is 1. The average Bonchev–Trinajstić information content (AvgIpc) is 3.19. The molecule has 5 rings (SSSR count). The molecular formula is C24H29N5O2. The summed E-state index contributed by atoms with van der Waals surface area (Å²) in [5.74, 6) is 0.445. The zero-order chi connectivity index (χ0) is 21.4. The molecule has 0 N–H and O–H groups in total. The number of likely N-dealkylation sites (tertiary alicyclic amines) is 1. The fraction of sp³-hybridized carbons (Fsp3) is 0.500. The maximum atomic E-state index is 12.9. The highest BCUT2D eigenvalue weighted by atomic mass is 16.5. The first kappa shape index (κ1) is 20.3. The Morgan fingerprint density at radius 2 is 1.94 bits per heavy atom. The molecule has 0 aliphatic carbocycles. The summed E-state index contributed by atoms with van der Waals surface area (Å²) in [6.07, 6.45) is 9.69. The second-order valence-corrected chi connectivity index (χ2v) is 9.49. The molecule has 0 unspecified atom stereocenters. The zero-order valence-corrected chi connectivity index (χ0v) is 18.3. The number of rotatable bonds is 6. The summed E-state index contributed by atoms with van der Waals surface area (Å²) in [6.45, 7) is 7.07. The zero-order valence-electron chi connectivity index (χ0n) is 18.3. The molecule has 2 saturated heterocycles. The number of hydrogen-bond donors (Lipinski definition) is 0. The number of piperidine rings is 1. The molecule has 2 aliphatic heterocycles. The lowest BCUT2D eigenvalue weighted by Crippen LogP contribution is -2.50. The molecule has 0 saturated carbocycles. The van der Waals surface area contributed by atoms with E-state index in [1.165, 1.54) is 0 Å². The number of nitrogens with zero attached hydrogens (tertiary/aromatic N) is 5. The highest BCUT2D eigenvalue weighted by Gasteiger charge is 2.36. The molecule has 5 heterocycles. The van der Waals surface area contributed by atoms with Crippen molar-refractivity contribution in [3.05, 3.63) is 42.6 Å². The van der Waals surface area contributed by atoms with Gasteiger partial charge in [0.25, 0.3) is 0 Å². The molecule has 0 atom stereocenters. The largest absolute Gasteiger partial charge is 0.380 e. The van der Waals surface area contributed by atoms with Gasteiger partial charge in [0.05, 0.1) is 31.1 Å². The van der Waals surface area contributed by atoms with Crippen molar-refractivity contribution >= 4 is 16.7 Å². The van der Waals surface area contributed by atoms with Crippen LogP contribution in [0.3, 0.4) is 0 Å². The molecule has 0 radical (unpaired) electrons. The number of fused-ring (bicyclic) bond motifs is 1. The number of aryl methyl sites for hydroxylation is 1. The van der Waals surface area contributed by atoms with Gasteiger partial charge in [-0.25, -0.2) is 0 Å². The predicted octanol–water partition coefficient (Wildman–Crippen LogP) is 2.89. The summed E-state index contributed by atoms with van der Waals surface area (Å²) in [6, 6.07) is 4.10. The molecule has 2 aliphatic rings. The van der Waals surface area contributed by atoms with Crippen molar-refractivity contribution in [3.63, 3.8) is 0 Å². The number of pyridine rings is 2. The van der Waals surface area contributed by atoms with Gasteiger partial charge < -0.3 is 9.64 Å². The minimum atomic E-state index is 0.138. The first-order chi connectivity index (χ1) is 15.0. The monoisotopic (exact) mass is 419 g/mol. The van der Waals surface area contributed by atoms with E-state index in [-0.39, 0.29) is 5.92 Å². The van der Waals surface area contributed by atoms with Crippen LogP contribution in [0, 0.1) is 11.3 Å². The van der Waals surface area contributed by atoms with Gasteiger partial charge in [-0.1, -0.05) is 6.92 Å². The third kappa shape index (κ3) is 4.38. The number of ether oxygens (including phenoxy) is 1. The van der Waals surface area contributed by atoms with E-state index >= 15 is 0 Å². The second kappa shape index (κ2) is 8.13. The summed E-state index contributed by atoms with van der Waals surface area (Å²) >= 11 is 0. The van der Waals surface area contributed by atoms with Crippen molar-refractivity contribution in [3.8, 4) is 11.1 Å². The van der Waals surface area contributed by atoms with Gasteiger partial charge in [0.15, 0.2) is 0 Å². The topological polar surface area (TPSA) is 73.1 Å². The lowest BCUT2D eigenvalue weighted by molar-refractivity contribution is -0.127. The van der Waals surface area contributed by atoms with Crippen molar-refractivity contribution < 1.29 is 9.53 Å². The minimum Gasteiger partial charge on any atom is -0.380 e. The van der Waals surface area contributed by atoms with Crippen LogP contribution >= 0.6 is 0 Å². The summed E-state index contributed by atoms with van der Waals surface area (Å²) in [5.41, 5.74) is 4.01. The molecule has 7 nitrogen and oxygen atoms in total. The molecule has 0 spiro atoms. The fourth-order valence-corrected chi connectivity index (χ4v) is 4.72. The van der Waals surface area contributed by atoms with E-state index in [0.717, 1.165) is 73.4 Å². The van der Waals surface area contributed by atoms with E-state index in [4.69, 9.17) is 4.74 Å². The second-order valence-electron chi connectivity index (χ2n) is 9.49. The van der Waals surface area contributed by atoms with Crippen LogP contribution in [0.4, 0.5) is 0 Å². The Balaban J connectivity index is 1.23. The lowest BCUT2D eigenvalue weighted by Gasteiger charge is -2.43. The van der Waals surface area contributed by atoms with Gasteiger partial charge in [-0.3, -0.25) is 19.4 Å². The Morgan fingerprint density at radius 1 is 1.13 bits per heavy atom. The molecule has 3 aromatic heterocycles. The lowest BCUT2D eigenvalue weighted by atomic mass is 9.85. The Kier molecular flexibility index (Phi) is 5.32. The molecular weight excluding hydrogens is 390 g/mol. The molecule has 0 bridgehead atoms. The van der Waals surface area contributed by atoms with Crippen LogP contribution in [0.5, 0.6) is 0 Å². The molecule has 0 aromatic carbocycles. The van der Waals surface area contributed by atoms with Gasteiger partial charge >= 0.3 is 0 Å². The van der Waals surface area contributed by atoms with Crippen LogP contribution in [-0.2, 0) is 23.0 Å². The van der Waals surface area contributed by atoms with Crippen molar-refractivity contribution in [2.45, 2.75) is 26.2 Å². The van der Waals surface area contributed by atoms with Crippen molar-refractivity contribution in [2.75, 3.05) is 32.8 Å². The van der Waals surface area contributed by atoms with E-state index in [1.807, 2.05) is 31.7 Å². The fourth-order valence-electron chi connectivity index (χ4n) is 4.72. The molecule has 0 amide bonds. The first-order valence-corrected chi connectivity index (χ1v) is 11.0. The van der Waals surface area contributed by atoms with Crippen LogP contribution in [0.25, 0.3) is 22.0 Å². The van der Waals surface area contributed by atoms with Gasteiger partial charge in [-0.2, -0.15) is 5.10 Å². The van der Waals surface area contributed by atoms with E-state index in [2.05, 4.69) is 33.0 Å². The van der Waals surface area contributed by atoms with Crippen molar-refractivity contribution in [1.29, 1.82) is 0 Å². The first-order valence-electron chi connectivity index (χ1n) is 11.0. The van der Waals surface area contributed by atoms with Crippen LogP contribution in [0.2, 0.25) is 0 Å². The number of hydrogen-bond acceptors (Lipinski definition) is 6. The smallest absolute Gasteiger partial charge is 0.142 e. The molecule has 7 heteroatoms. The molecule has 2 fully saturated rings. The van der Waals surface area contributed by atoms with Crippen molar-refractivity contribution in [2.24, 2.45) is 18.4 Å². The van der Waals surface area contributed by atoms with Gasteiger partial charge in [0.2, 0.25) is 0 Å². The summed E-state index contributed by atoms with van der Waals surface area (Å²) < 4.78 is 7.15. The summed E-state index contributed by atoms with van der Waals surface area (Å²) in [7, 11) is 1.90. The van der Waals surface area contributed by atoms with Gasteiger partial charge in [0.1, 0.15) is 5.78 Å². The van der Waals surface area contributed by atoms with Gasteiger partial charge in [-0.15, -0.1) is 0 Å². The van der Waals surface area contributed by atoms with Gasteiger partial charge in [0, 0.05) is 65.9 Å². The SMILES string of the molecule is Cn1cc(-c2cnc3cnc(CC(=O)C4CCN(CC5(C)COC5)CC4)cc3c2)cn1. The van der Waals surface area contributed by atoms with Crippen LogP contribution < -0.4 is 0 Å². The molecule has 3 aromatic rings. The Morgan fingerprint density at radius 3 is 2.61 bits per heavy atom. The van der Waals surface area contributed by atoms with Crippen molar-refractivity contribution in [1.82, 2.24) is 24.6 Å². The van der Waals surface area contributed by atoms with Crippen LogP contribution in [-0.4, -0.2) is 63.3 Å². The maximum absolute atomic E-state index is 12.9. The third-order valence-electron chi connectivity index (χ3n) is 6.57. The third-order valence-corrected chi connectivity index (χ3v) is 6.57. The normalized spacial score (nSPS) is 19.4. The van der Waals surface area contributed by atoms with E-state index in [9.17, 15) is 4.79 Å². The highest BCUT2D eigenvalue weighted by Crippen LogP contribution is 2.30. The van der Waals surface area contributed by atoms with E-state index in [0.29, 0.717) is 17.6 Å². The number of aromatic nitrogens is 4. The predicted molar refractivity (Wildman–Crippen MR) is 119 cm³/mol. The Labute approximate surface area is 182 Å². The maximum Gasteiger partial charge on any atom is 0.142 e. The summed E-state index contributed by atoms with van der Waals surface area (Å²) in [5, 5.41) is 5.24. The minimum absolute atomic E-state index is 0.138. The van der Waals surface area contributed by atoms with E-state index in [1.54, 1.807) is 10.9 Å². The van der Waals surface area contributed by atoms with Crippen LogP contribution in [0.1, 0.15) is 25.5 Å². The summed E-state index contributed by atoms with van der Waals surface area (Å²) in [4.78, 5) is 24.5.